The van der Waals surface area contributed by atoms with Gasteiger partial charge in [-0.1, -0.05) is 206 Å². The summed E-state index contributed by atoms with van der Waals surface area (Å²) in [4.78, 5) is 2.48. The predicted molar refractivity (Wildman–Crippen MR) is 290 cm³/mol. The van der Waals surface area contributed by atoms with Gasteiger partial charge in [0.05, 0.1) is 27.8 Å². The molecule has 0 amide bonds. The molecular formula is C67H42N2O. The number of hydrogen-bond acceptors (Lipinski definition) is 2. The number of rotatable bonds is 6. The van der Waals surface area contributed by atoms with Gasteiger partial charge in [0.2, 0.25) is 0 Å². The number of nitrogens with zero attached hydrogens (tertiary/aromatic N) is 2. The lowest BCUT2D eigenvalue weighted by molar-refractivity contribution is 0.670. The lowest BCUT2D eigenvalue weighted by Gasteiger charge is -2.40. The van der Waals surface area contributed by atoms with E-state index in [-0.39, 0.29) is 0 Å². The van der Waals surface area contributed by atoms with E-state index in [1.54, 1.807) is 0 Å². The van der Waals surface area contributed by atoms with Crippen molar-refractivity contribution < 1.29 is 4.42 Å². The Morgan fingerprint density at radius 2 is 0.929 bits per heavy atom. The monoisotopic (exact) mass is 890 g/mol. The zero-order chi connectivity index (χ0) is 45.9. The predicted octanol–water partition coefficient (Wildman–Crippen LogP) is 17.8. The quantitative estimate of drug-likeness (QED) is 0.166. The van der Waals surface area contributed by atoms with Crippen LogP contribution in [0.1, 0.15) is 22.3 Å². The molecule has 0 radical (unpaired) electrons. The van der Waals surface area contributed by atoms with Crippen LogP contribution in [-0.4, -0.2) is 4.57 Å². The molecular weight excluding hydrogens is 849 g/mol. The molecule has 1 atom stereocenters. The number of para-hydroxylation sites is 6. The second-order valence-corrected chi connectivity index (χ2v) is 18.7. The normalized spacial score (nSPS) is 14.3. The van der Waals surface area contributed by atoms with E-state index in [4.69, 9.17) is 4.42 Å². The minimum Gasteiger partial charge on any atom is -0.455 e. The Hall–Kier alpha value is -9.18. The molecule has 3 nitrogen and oxygen atoms in total. The first-order chi connectivity index (χ1) is 34.8. The number of benzene rings is 11. The van der Waals surface area contributed by atoms with Crippen LogP contribution in [0.5, 0.6) is 0 Å². The Bertz CT molecular complexity index is 4250. The van der Waals surface area contributed by atoms with E-state index in [2.05, 4.69) is 258 Å². The fourth-order valence-corrected chi connectivity index (χ4v) is 12.4. The molecule has 2 aliphatic rings. The molecule has 0 saturated heterocycles. The topological polar surface area (TPSA) is 21.3 Å². The molecule has 1 spiro atoms. The largest absolute Gasteiger partial charge is 0.455 e. The second kappa shape index (κ2) is 14.9. The summed E-state index contributed by atoms with van der Waals surface area (Å²) in [6, 6.07) is 93.7. The summed E-state index contributed by atoms with van der Waals surface area (Å²) in [7, 11) is 0. The van der Waals surface area contributed by atoms with Crippen LogP contribution in [0.4, 0.5) is 17.1 Å². The van der Waals surface area contributed by atoms with Crippen molar-refractivity contribution in [3.8, 4) is 50.2 Å². The Kier molecular flexibility index (Phi) is 8.28. The Morgan fingerprint density at radius 1 is 0.343 bits per heavy atom. The average Bonchev–Trinajstić information content (AvgIpc) is 4.08. The molecule has 1 aliphatic heterocycles. The lowest BCUT2D eigenvalue weighted by atomic mass is 9.65. The maximum Gasteiger partial charge on any atom is 0.143 e. The van der Waals surface area contributed by atoms with E-state index >= 15 is 0 Å². The number of aromatic nitrogens is 1. The van der Waals surface area contributed by atoms with Crippen molar-refractivity contribution in [3.63, 3.8) is 0 Å². The molecule has 3 heteroatoms. The molecule has 1 aliphatic carbocycles. The van der Waals surface area contributed by atoms with E-state index < -0.39 is 5.41 Å². The van der Waals surface area contributed by atoms with E-state index in [9.17, 15) is 0 Å². The van der Waals surface area contributed by atoms with Gasteiger partial charge in [0.25, 0.3) is 0 Å². The maximum atomic E-state index is 6.56. The molecule has 11 aromatic carbocycles. The van der Waals surface area contributed by atoms with Crippen LogP contribution < -0.4 is 4.90 Å². The minimum absolute atomic E-state index is 0.595. The summed E-state index contributed by atoms with van der Waals surface area (Å²) in [5, 5.41) is 4.79. The van der Waals surface area contributed by atoms with Gasteiger partial charge in [-0.3, -0.25) is 0 Å². The molecule has 15 rings (SSSR count). The standard InChI is InChI=1S/C67H42N2O/c1-2-18-43(19-3-1)47-20-4-5-21-49(47)52-23-7-12-32-61(52)68(45-38-36-44(37-39-45)48-26-16-28-56-54-25-9-15-35-64(54)70-66(48)56)46-40-41-51-50-22-6-10-29-57(50)67(60(51)42-46)58-30-11-14-34-63(58)69-62-33-13-8-24-53(62)55-27-17-31-59(67)65(55)69/h1-42H. The summed E-state index contributed by atoms with van der Waals surface area (Å²) < 4.78 is 9.08. The van der Waals surface area contributed by atoms with Crippen molar-refractivity contribution in [1.82, 2.24) is 4.57 Å². The number of furan rings is 1. The first-order valence-electron chi connectivity index (χ1n) is 24.2. The molecule has 13 aromatic rings. The number of hydrogen-bond donors (Lipinski definition) is 0. The van der Waals surface area contributed by atoms with Gasteiger partial charge in [-0.05, 0) is 104 Å². The van der Waals surface area contributed by atoms with Gasteiger partial charge in [0.15, 0.2) is 0 Å². The van der Waals surface area contributed by atoms with Crippen molar-refractivity contribution in [2.24, 2.45) is 0 Å². The summed E-state index contributed by atoms with van der Waals surface area (Å²) in [5.41, 5.74) is 22.7. The van der Waals surface area contributed by atoms with E-state index in [0.29, 0.717) is 0 Å². The third-order valence-electron chi connectivity index (χ3n) is 15.2. The van der Waals surface area contributed by atoms with Crippen LogP contribution in [0.3, 0.4) is 0 Å². The van der Waals surface area contributed by atoms with Gasteiger partial charge in [-0.25, -0.2) is 0 Å². The van der Waals surface area contributed by atoms with Crippen molar-refractivity contribution in [1.29, 1.82) is 0 Å². The maximum absolute atomic E-state index is 6.56. The third-order valence-corrected chi connectivity index (χ3v) is 15.2. The van der Waals surface area contributed by atoms with Crippen LogP contribution in [0.25, 0.3) is 93.9 Å². The third kappa shape index (κ3) is 5.34. The molecule has 0 saturated carbocycles. The fourth-order valence-electron chi connectivity index (χ4n) is 12.4. The van der Waals surface area contributed by atoms with Gasteiger partial charge < -0.3 is 13.9 Å². The van der Waals surface area contributed by atoms with Gasteiger partial charge in [0.1, 0.15) is 11.2 Å². The van der Waals surface area contributed by atoms with E-state index in [0.717, 1.165) is 55.7 Å². The van der Waals surface area contributed by atoms with Crippen molar-refractivity contribution >= 4 is 60.8 Å². The summed E-state index contributed by atoms with van der Waals surface area (Å²) in [6.45, 7) is 0. The number of anilines is 3. The SMILES string of the molecule is c1ccc(-c2ccccc2-c2ccccc2N(c2ccc(-c3cccc4c3oc3ccccc34)cc2)c2ccc3c(c2)C2(c4ccccc4-3)c3ccccc3-n3c4ccccc4c4cccc2c43)cc1. The van der Waals surface area contributed by atoms with Crippen LogP contribution in [0, 0.1) is 0 Å². The summed E-state index contributed by atoms with van der Waals surface area (Å²) in [6.07, 6.45) is 0. The van der Waals surface area contributed by atoms with Gasteiger partial charge in [-0.2, -0.15) is 0 Å². The molecule has 2 aromatic heterocycles. The lowest BCUT2D eigenvalue weighted by Crippen LogP contribution is -2.33. The van der Waals surface area contributed by atoms with E-state index in [1.807, 2.05) is 6.07 Å². The first-order valence-corrected chi connectivity index (χ1v) is 24.2. The Balaban J connectivity index is 0.991. The van der Waals surface area contributed by atoms with Crippen molar-refractivity contribution in [2.75, 3.05) is 4.90 Å². The molecule has 3 heterocycles. The van der Waals surface area contributed by atoms with Crippen LogP contribution >= 0.6 is 0 Å². The van der Waals surface area contributed by atoms with Gasteiger partial charge >= 0.3 is 0 Å². The van der Waals surface area contributed by atoms with Crippen LogP contribution in [0.2, 0.25) is 0 Å². The molecule has 70 heavy (non-hydrogen) atoms. The van der Waals surface area contributed by atoms with Crippen molar-refractivity contribution in [2.45, 2.75) is 5.41 Å². The smallest absolute Gasteiger partial charge is 0.143 e. The van der Waals surface area contributed by atoms with Crippen molar-refractivity contribution in [3.05, 3.63) is 277 Å². The fraction of sp³-hybridized carbons (Fsp3) is 0.0149. The molecule has 0 fully saturated rings. The van der Waals surface area contributed by atoms with Crippen LogP contribution in [-0.2, 0) is 5.41 Å². The zero-order valence-corrected chi connectivity index (χ0v) is 38.1. The minimum atomic E-state index is -0.595. The highest BCUT2D eigenvalue weighted by Crippen LogP contribution is 2.62. The van der Waals surface area contributed by atoms with Gasteiger partial charge in [0, 0.05) is 44.0 Å². The Morgan fingerprint density at radius 3 is 1.80 bits per heavy atom. The zero-order valence-electron chi connectivity index (χ0n) is 38.1. The highest BCUT2D eigenvalue weighted by atomic mass is 16.3. The second-order valence-electron chi connectivity index (χ2n) is 18.7. The Labute approximate surface area is 405 Å². The average molecular weight is 891 g/mol. The summed E-state index contributed by atoms with van der Waals surface area (Å²) in [5.74, 6) is 0. The molecule has 326 valence electrons. The van der Waals surface area contributed by atoms with Gasteiger partial charge in [-0.15, -0.1) is 0 Å². The molecule has 1 unspecified atom stereocenters. The highest BCUT2D eigenvalue weighted by molar-refractivity contribution is 6.13. The first kappa shape index (κ1) is 38.9. The molecule has 0 bridgehead atoms. The highest BCUT2D eigenvalue weighted by Gasteiger charge is 2.51. The van der Waals surface area contributed by atoms with Crippen LogP contribution in [0.15, 0.2) is 259 Å². The van der Waals surface area contributed by atoms with E-state index in [1.165, 1.54) is 77.6 Å². The summed E-state index contributed by atoms with van der Waals surface area (Å²) >= 11 is 0. The number of fused-ring (bicyclic) bond motifs is 15. The molecule has 0 N–H and O–H groups in total.